The Hall–Kier alpha value is -2.75. The van der Waals surface area contributed by atoms with Crippen molar-refractivity contribution in [2.45, 2.75) is 45.2 Å². The number of hydrogen-bond acceptors (Lipinski definition) is 5. The summed E-state index contributed by atoms with van der Waals surface area (Å²) in [6.45, 7) is 4.51. The number of alkyl halides is 3. The molecule has 31 heavy (non-hydrogen) atoms. The predicted molar refractivity (Wildman–Crippen MR) is 113 cm³/mol. The fourth-order valence-electron chi connectivity index (χ4n) is 3.42. The monoisotopic (exact) mass is 452 g/mol. The van der Waals surface area contributed by atoms with E-state index < -0.39 is 12.7 Å². The second kappa shape index (κ2) is 9.17. The Morgan fingerprint density at radius 2 is 1.87 bits per heavy atom. The number of rotatable bonds is 8. The van der Waals surface area contributed by atoms with E-state index in [1.807, 2.05) is 35.8 Å². The van der Waals surface area contributed by atoms with Crippen LogP contribution in [0.4, 0.5) is 13.2 Å². The van der Waals surface area contributed by atoms with Crippen LogP contribution >= 0.6 is 11.8 Å². The minimum Gasteiger partial charge on any atom is -0.496 e. The summed E-state index contributed by atoms with van der Waals surface area (Å²) >= 11 is 1.21. The van der Waals surface area contributed by atoms with Crippen molar-refractivity contribution in [2.75, 3.05) is 12.9 Å². The van der Waals surface area contributed by atoms with Crippen LogP contribution in [0.15, 0.2) is 35.5 Å². The summed E-state index contributed by atoms with van der Waals surface area (Å²) in [4.78, 5) is 12.8. The highest BCUT2D eigenvalue weighted by atomic mass is 32.2. The number of carbonyl (C=O) groups is 1. The van der Waals surface area contributed by atoms with Crippen LogP contribution in [0.2, 0.25) is 0 Å². The zero-order chi connectivity index (χ0) is 22.8. The smallest absolute Gasteiger partial charge is 0.406 e. The van der Waals surface area contributed by atoms with Crippen molar-refractivity contribution in [3.05, 3.63) is 47.3 Å². The number of para-hydroxylation sites is 1. The Morgan fingerprint density at radius 3 is 2.52 bits per heavy atom. The predicted octanol–water partition coefficient (Wildman–Crippen LogP) is 4.93. The highest BCUT2D eigenvalue weighted by Gasteiger charge is 2.30. The molecule has 2 heterocycles. The first-order valence-corrected chi connectivity index (χ1v) is 10.6. The molecule has 0 saturated heterocycles. The van der Waals surface area contributed by atoms with E-state index in [2.05, 4.69) is 10.2 Å². The van der Waals surface area contributed by atoms with Crippen molar-refractivity contribution >= 4 is 17.5 Å². The van der Waals surface area contributed by atoms with E-state index in [1.165, 1.54) is 24.8 Å². The van der Waals surface area contributed by atoms with E-state index in [0.29, 0.717) is 40.2 Å². The zero-order valence-corrected chi connectivity index (χ0v) is 18.5. The van der Waals surface area contributed by atoms with Crippen molar-refractivity contribution in [2.24, 2.45) is 0 Å². The third-order valence-corrected chi connectivity index (χ3v) is 5.89. The van der Waals surface area contributed by atoms with Gasteiger partial charge >= 0.3 is 6.18 Å². The fraction of sp³-hybridized carbons (Fsp3) is 0.381. The summed E-state index contributed by atoms with van der Waals surface area (Å²) in [5, 5.41) is 9.03. The number of methoxy groups -OCH3 is 1. The zero-order valence-electron chi connectivity index (χ0n) is 17.7. The van der Waals surface area contributed by atoms with Crippen LogP contribution < -0.4 is 4.74 Å². The Kier molecular flexibility index (Phi) is 6.78. The Balaban J connectivity index is 1.80. The fourth-order valence-corrected chi connectivity index (χ4v) is 4.31. The minimum absolute atomic E-state index is 0.0420. The first-order chi connectivity index (χ1) is 14.7. The summed E-state index contributed by atoms with van der Waals surface area (Å²) in [7, 11) is 1.58. The molecule has 6 nitrogen and oxygen atoms in total. The van der Waals surface area contributed by atoms with Crippen molar-refractivity contribution in [3.63, 3.8) is 0 Å². The number of thioether (sulfide) groups is 1. The summed E-state index contributed by atoms with van der Waals surface area (Å²) in [6, 6.07) is 8.95. The molecule has 0 aliphatic carbocycles. The lowest BCUT2D eigenvalue weighted by Gasteiger charge is -2.12. The van der Waals surface area contributed by atoms with Gasteiger partial charge in [0.2, 0.25) is 0 Å². The molecule has 0 atom stereocenters. The number of nitrogens with zero attached hydrogens (tertiary/aromatic N) is 4. The maximum absolute atomic E-state index is 12.8. The highest BCUT2D eigenvalue weighted by Crippen LogP contribution is 2.31. The first kappa shape index (κ1) is 22.9. The maximum Gasteiger partial charge on any atom is 0.406 e. The van der Waals surface area contributed by atoms with Gasteiger partial charge in [0.25, 0.3) is 0 Å². The molecule has 0 bridgehead atoms. The topological polar surface area (TPSA) is 61.9 Å². The van der Waals surface area contributed by atoms with Gasteiger partial charge in [0.1, 0.15) is 12.3 Å². The molecule has 2 aromatic heterocycles. The lowest BCUT2D eigenvalue weighted by Crippen LogP contribution is -2.19. The van der Waals surface area contributed by atoms with Gasteiger partial charge in [-0.3, -0.25) is 4.79 Å². The third-order valence-electron chi connectivity index (χ3n) is 4.92. The van der Waals surface area contributed by atoms with Crippen LogP contribution in [0, 0.1) is 13.8 Å². The van der Waals surface area contributed by atoms with Crippen LogP contribution in [-0.2, 0) is 13.1 Å². The van der Waals surface area contributed by atoms with Gasteiger partial charge < -0.3 is 13.9 Å². The molecule has 166 valence electrons. The third kappa shape index (κ3) is 4.95. The number of aryl methyl sites for hydroxylation is 1. The average molecular weight is 453 g/mol. The largest absolute Gasteiger partial charge is 0.496 e. The average Bonchev–Trinajstić information content (AvgIpc) is 3.26. The van der Waals surface area contributed by atoms with E-state index in [0.717, 1.165) is 10.1 Å². The van der Waals surface area contributed by atoms with Crippen LogP contribution in [0.1, 0.15) is 28.7 Å². The maximum atomic E-state index is 12.8. The van der Waals surface area contributed by atoms with Gasteiger partial charge in [-0.05, 0) is 39.0 Å². The standard InChI is InChI=1S/C21H23F3N4O2S/c1-5-27-19(15-8-6-7-9-18(15)30-4)25-26-20(27)31-11-17(29)16-10-13(2)28(14(16)3)12-21(22,23)24/h6-10H,5,11-12H2,1-4H3. The molecule has 0 saturated carbocycles. The van der Waals surface area contributed by atoms with Crippen LogP contribution in [0.25, 0.3) is 11.4 Å². The molecule has 0 amide bonds. The van der Waals surface area contributed by atoms with Crippen molar-refractivity contribution in [1.82, 2.24) is 19.3 Å². The van der Waals surface area contributed by atoms with Gasteiger partial charge in [-0.1, -0.05) is 23.9 Å². The Bertz CT molecular complexity index is 1090. The SMILES string of the molecule is CCn1c(SCC(=O)c2cc(C)n(CC(F)(F)F)c2C)nnc1-c1ccccc1OC. The number of ketones is 1. The van der Waals surface area contributed by atoms with E-state index >= 15 is 0 Å². The normalized spacial score (nSPS) is 11.7. The quantitative estimate of drug-likeness (QED) is 0.358. The minimum atomic E-state index is -4.35. The molecular formula is C21H23F3N4O2S. The molecule has 0 unspecified atom stereocenters. The lowest BCUT2D eigenvalue weighted by atomic mass is 10.2. The number of benzene rings is 1. The number of hydrogen-bond donors (Lipinski definition) is 0. The Labute approximate surface area is 182 Å². The van der Waals surface area contributed by atoms with E-state index in [9.17, 15) is 18.0 Å². The van der Waals surface area contributed by atoms with Crippen LogP contribution in [0.3, 0.4) is 0 Å². The molecule has 0 spiro atoms. The van der Waals surface area contributed by atoms with Gasteiger partial charge in [0.05, 0.1) is 18.4 Å². The second-order valence-electron chi connectivity index (χ2n) is 6.95. The molecule has 3 aromatic rings. The first-order valence-electron chi connectivity index (χ1n) is 9.62. The van der Waals surface area contributed by atoms with Gasteiger partial charge in [-0.15, -0.1) is 10.2 Å². The van der Waals surface area contributed by atoms with Crippen molar-refractivity contribution < 1.29 is 22.7 Å². The molecule has 0 radical (unpaired) electrons. The van der Waals surface area contributed by atoms with Gasteiger partial charge in [0, 0.05) is 23.5 Å². The number of ether oxygens (including phenoxy) is 1. The van der Waals surface area contributed by atoms with E-state index in [-0.39, 0.29) is 11.5 Å². The molecule has 0 N–H and O–H groups in total. The summed E-state index contributed by atoms with van der Waals surface area (Å²) in [5.41, 5.74) is 1.79. The molecule has 0 aliphatic rings. The number of halogens is 3. The van der Waals surface area contributed by atoms with Crippen molar-refractivity contribution in [3.8, 4) is 17.1 Å². The highest BCUT2D eigenvalue weighted by molar-refractivity contribution is 7.99. The van der Waals surface area contributed by atoms with Gasteiger partial charge in [-0.25, -0.2) is 0 Å². The summed E-state index contributed by atoms with van der Waals surface area (Å²) in [6.07, 6.45) is -4.35. The van der Waals surface area contributed by atoms with Crippen molar-refractivity contribution in [1.29, 1.82) is 0 Å². The van der Waals surface area contributed by atoms with Gasteiger partial charge in [-0.2, -0.15) is 13.2 Å². The van der Waals surface area contributed by atoms with Crippen LogP contribution in [-0.4, -0.2) is 44.2 Å². The molecule has 3 rings (SSSR count). The number of aromatic nitrogens is 4. The molecule has 10 heteroatoms. The summed E-state index contributed by atoms with van der Waals surface area (Å²) in [5.74, 6) is 1.07. The number of Topliss-reactive ketones (excluding diaryl/α,β-unsaturated/α-hetero) is 1. The Morgan fingerprint density at radius 1 is 1.16 bits per heavy atom. The molecule has 1 aromatic carbocycles. The summed E-state index contributed by atoms with van der Waals surface area (Å²) < 4.78 is 46.9. The molecule has 0 fully saturated rings. The van der Waals surface area contributed by atoms with E-state index in [1.54, 1.807) is 14.0 Å². The number of carbonyl (C=O) groups excluding carboxylic acids is 1. The second-order valence-corrected chi connectivity index (χ2v) is 7.89. The van der Waals surface area contributed by atoms with E-state index in [4.69, 9.17) is 4.74 Å². The lowest BCUT2D eigenvalue weighted by molar-refractivity contribution is -0.141. The molecular weight excluding hydrogens is 429 g/mol. The van der Waals surface area contributed by atoms with Crippen LogP contribution in [0.5, 0.6) is 5.75 Å². The van der Waals surface area contributed by atoms with Gasteiger partial charge in [0.15, 0.2) is 16.8 Å². The molecule has 0 aliphatic heterocycles.